The predicted molar refractivity (Wildman–Crippen MR) is 110 cm³/mol. The van der Waals surface area contributed by atoms with Crippen LogP contribution in [0.15, 0.2) is 57.2 Å². The third-order valence-electron chi connectivity index (χ3n) is 6.88. The summed E-state index contributed by atoms with van der Waals surface area (Å²) in [6, 6.07) is 0. The largest absolute Gasteiger partial charge is 0.480 e. The maximum atomic E-state index is 13.6. The second-order valence-electron chi connectivity index (χ2n) is 8.85. The van der Waals surface area contributed by atoms with E-state index in [4.69, 9.17) is 9.47 Å². The zero-order valence-electron chi connectivity index (χ0n) is 18.4. The van der Waals surface area contributed by atoms with E-state index in [0.29, 0.717) is 11.4 Å². The van der Waals surface area contributed by atoms with E-state index < -0.39 is 71.4 Å². The molecule has 2 aliphatic carbocycles. The van der Waals surface area contributed by atoms with E-state index in [-0.39, 0.29) is 22.3 Å². The van der Waals surface area contributed by atoms with Crippen LogP contribution in [0, 0.1) is 0 Å². The second-order valence-corrected chi connectivity index (χ2v) is 8.85. The van der Waals surface area contributed by atoms with Gasteiger partial charge in [-0.3, -0.25) is 19.2 Å². The average Bonchev–Trinajstić information content (AvgIpc) is 3.17. The molecule has 34 heavy (non-hydrogen) atoms. The monoisotopic (exact) mass is 471 g/mol. The summed E-state index contributed by atoms with van der Waals surface area (Å²) < 4.78 is 11.0. The molecule has 5 aliphatic rings. The Bertz CT molecular complexity index is 1260. The number of carbonyl (C=O) groups is 4. The summed E-state index contributed by atoms with van der Waals surface area (Å²) in [7, 11) is 0. The van der Waals surface area contributed by atoms with Crippen LogP contribution >= 0.6 is 0 Å². The lowest BCUT2D eigenvalue weighted by Gasteiger charge is -2.43. The third kappa shape index (κ3) is 2.66. The summed E-state index contributed by atoms with van der Waals surface area (Å²) in [5.74, 6) is -4.15. The number of Topliss-reactive ketones (excluding diaryl/α,β-unsaturated/α-hetero) is 2. The number of carboxylic acids is 1. The number of fused-ring (bicyclic) bond motifs is 4. The molecule has 4 N–H and O–H groups in total. The average molecular weight is 471 g/mol. The summed E-state index contributed by atoms with van der Waals surface area (Å²) in [6.07, 6.45) is -3.66. The molecule has 5 rings (SSSR count). The minimum Gasteiger partial charge on any atom is -0.480 e. The Kier molecular flexibility index (Phi) is 4.65. The molecule has 0 bridgehead atoms. The highest BCUT2D eigenvalue weighted by molar-refractivity contribution is 6.34. The lowest BCUT2D eigenvalue weighted by atomic mass is 9.79. The number of allylic oxidation sites excluding steroid dienone is 8. The maximum absolute atomic E-state index is 13.6. The number of hydrogen-bond donors (Lipinski definition) is 4. The second kappa shape index (κ2) is 7.06. The number of carbonyl (C=O) groups excluding carboxylic acids is 3. The minimum absolute atomic E-state index is 0.0905. The van der Waals surface area contributed by atoms with Gasteiger partial charge in [-0.1, -0.05) is 0 Å². The van der Waals surface area contributed by atoms with Gasteiger partial charge in [0.15, 0.2) is 22.9 Å². The zero-order valence-corrected chi connectivity index (χ0v) is 18.4. The molecule has 5 atom stereocenters. The fourth-order valence-electron chi connectivity index (χ4n) is 5.15. The van der Waals surface area contributed by atoms with Crippen LogP contribution < -0.4 is 0 Å². The van der Waals surface area contributed by atoms with E-state index in [0.717, 1.165) is 6.08 Å². The fraction of sp³-hybridized carbons (Fsp3) is 0.391. The van der Waals surface area contributed by atoms with Gasteiger partial charge >= 0.3 is 5.97 Å². The van der Waals surface area contributed by atoms with Gasteiger partial charge in [0.2, 0.25) is 12.1 Å². The van der Waals surface area contributed by atoms with Crippen molar-refractivity contribution in [2.75, 3.05) is 6.54 Å². The quantitative estimate of drug-likeness (QED) is 0.389. The van der Waals surface area contributed by atoms with Crippen molar-refractivity contribution >= 4 is 23.3 Å². The van der Waals surface area contributed by atoms with Gasteiger partial charge in [-0.25, -0.2) is 0 Å². The van der Waals surface area contributed by atoms with Crippen molar-refractivity contribution in [2.24, 2.45) is 0 Å². The number of ketones is 3. The van der Waals surface area contributed by atoms with E-state index in [2.05, 4.69) is 0 Å². The van der Waals surface area contributed by atoms with Crippen LogP contribution in [0.5, 0.6) is 0 Å². The molecule has 1 saturated heterocycles. The Morgan fingerprint density at radius 3 is 2.44 bits per heavy atom. The van der Waals surface area contributed by atoms with Crippen molar-refractivity contribution in [1.29, 1.82) is 0 Å². The first kappa shape index (κ1) is 22.4. The molecule has 0 aromatic rings. The fourth-order valence-corrected chi connectivity index (χ4v) is 5.15. The van der Waals surface area contributed by atoms with Crippen LogP contribution in [-0.4, -0.2) is 85.4 Å². The number of aliphatic hydroxyl groups excluding tert-OH is 2. The lowest BCUT2D eigenvalue weighted by molar-refractivity contribution is -0.299. The highest BCUT2D eigenvalue weighted by Gasteiger charge is 2.65. The predicted octanol–water partition coefficient (Wildman–Crippen LogP) is -0.996. The molecule has 178 valence electrons. The van der Waals surface area contributed by atoms with Crippen molar-refractivity contribution in [2.45, 2.75) is 51.0 Å². The summed E-state index contributed by atoms with van der Waals surface area (Å²) >= 11 is 0. The molecule has 5 unspecified atom stereocenters. The SMILES string of the molecule is CC1=CC2=C3C(=O)C4=C(C(=O)C=C3C(=O)C2=C(C)N1CC(=O)O)C1(O)C(O4)OC(C)C(O)C1O. The number of rotatable bonds is 2. The number of hydrogen-bond acceptors (Lipinski definition) is 10. The Morgan fingerprint density at radius 2 is 1.79 bits per heavy atom. The molecule has 3 heterocycles. The molecule has 3 aliphatic heterocycles. The van der Waals surface area contributed by atoms with Crippen molar-refractivity contribution in [3.05, 3.63) is 57.2 Å². The van der Waals surface area contributed by atoms with E-state index >= 15 is 0 Å². The van der Waals surface area contributed by atoms with Crippen LogP contribution in [0.2, 0.25) is 0 Å². The van der Waals surface area contributed by atoms with Gasteiger partial charge in [-0.15, -0.1) is 0 Å². The number of ether oxygens (including phenoxy) is 2. The van der Waals surface area contributed by atoms with Gasteiger partial charge in [-0.2, -0.15) is 0 Å². The summed E-state index contributed by atoms with van der Waals surface area (Å²) in [6.45, 7) is 4.20. The molecule has 11 heteroatoms. The van der Waals surface area contributed by atoms with Gasteiger partial charge in [0.05, 0.1) is 11.7 Å². The summed E-state index contributed by atoms with van der Waals surface area (Å²) in [5, 5.41) is 41.3. The van der Waals surface area contributed by atoms with Crippen molar-refractivity contribution in [3.63, 3.8) is 0 Å². The van der Waals surface area contributed by atoms with Crippen LogP contribution in [0.1, 0.15) is 20.8 Å². The van der Waals surface area contributed by atoms with E-state index in [9.17, 15) is 39.6 Å². The number of nitrogens with zero attached hydrogens (tertiary/aromatic N) is 1. The number of carboxylic acid groups (broad SMARTS) is 1. The third-order valence-corrected chi connectivity index (χ3v) is 6.88. The first-order valence-electron chi connectivity index (χ1n) is 10.5. The van der Waals surface area contributed by atoms with Gasteiger partial charge < -0.3 is 34.8 Å². The Balaban J connectivity index is 1.70. The highest BCUT2D eigenvalue weighted by Crippen LogP contribution is 2.49. The zero-order chi connectivity index (χ0) is 24.9. The molecule has 11 nitrogen and oxygen atoms in total. The van der Waals surface area contributed by atoms with Crippen LogP contribution in [0.25, 0.3) is 0 Å². The van der Waals surface area contributed by atoms with Crippen LogP contribution in [0.3, 0.4) is 0 Å². The molecule has 0 aromatic heterocycles. The molecule has 0 spiro atoms. The smallest absolute Gasteiger partial charge is 0.323 e. The molecule has 0 saturated carbocycles. The highest BCUT2D eigenvalue weighted by atomic mass is 16.7. The molecular formula is C23H21NO10. The van der Waals surface area contributed by atoms with E-state index in [1.54, 1.807) is 13.8 Å². The molecule has 0 amide bonds. The molecule has 1 fully saturated rings. The summed E-state index contributed by atoms with van der Waals surface area (Å²) in [5.41, 5.74) is -2.39. The Labute approximate surface area is 192 Å². The van der Waals surface area contributed by atoms with Crippen molar-refractivity contribution < 1.29 is 49.1 Å². The standard InChI is InChI=1S/C23H21NO10/c1-7-4-10-14(8(2)24(7)6-13(26)27)18(29)11-5-12(25)16-20(19(30)15(10)11)34-22-23(16,32)21(31)17(28)9(3)33-22/h4-5,9,17,21-22,28,31-32H,6H2,1-3H3,(H,26,27). The Hall–Kier alpha value is -3.38. The number of aliphatic carboxylic acids is 1. The van der Waals surface area contributed by atoms with Crippen molar-refractivity contribution in [3.8, 4) is 0 Å². The topological polar surface area (TPSA) is 171 Å². The summed E-state index contributed by atoms with van der Waals surface area (Å²) in [4.78, 5) is 52.8. The normalized spacial score (nSPS) is 34.9. The van der Waals surface area contributed by atoms with Gasteiger partial charge in [-0.05, 0) is 32.9 Å². The maximum Gasteiger partial charge on any atom is 0.323 e. The van der Waals surface area contributed by atoms with Crippen LogP contribution in [-0.2, 0) is 28.7 Å². The van der Waals surface area contributed by atoms with E-state index in [1.165, 1.54) is 17.9 Å². The van der Waals surface area contributed by atoms with Gasteiger partial charge in [0, 0.05) is 33.7 Å². The first-order valence-corrected chi connectivity index (χ1v) is 10.5. The molecule has 0 radical (unpaired) electrons. The molecule has 0 aromatic carbocycles. The lowest BCUT2D eigenvalue weighted by Crippen LogP contribution is -2.65. The number of aliphatic hydroxyl groups is 3. The Morgan fingerprint density at radius 1 is 1.12 bits per heavy atom. The van der Waals surface area contributed by atoms with Crippen LogP contribution in [0.4, 0.5) is 0 Å². The molecular weight excluding hydrogens is 450 g/mol. The van der Waals surface area contributed by atoms with Crippen molar-refractivity contribution in [1.82, 2.24) is 4.90 Å². The minimum atomic E-state index is -2.52. The van der Waals surface area contributed by atoms with Gasteiger partial charge in [0.25, 0.3) is 0 Å². The van der Waals surface area contributed by atoms with E-state index in [1.807, 2.05) is 0 Å². The van der Waals surface area contributed by atoms with Gasteiger partial charge in [0.1, 0.15) is 18.8 Å². The first-order chi connectivity index (χ1) is 15.9.